The molecule has 1 aromatic carbocycles. The van der Waals surface area contributed by atoms with Gasteiger partial charge in [-0.25, -0.2) is 4.79 Å². The average Bonchev–Trinajstić information content (AvgIpc) is 2.70. The quantitative estimate of drug-likeness (QED) is 0.685. The van der Waals surface area contributed by atoms with E-state index in [1.807, 2.05) is 13.8 Å². The van der Waals surface area contributed by atoms with Crippen LogP contribution in [0.3, 0.4) is 0 Å². The molecule has 0 aliphatic carbocycles. The van der Waals surface area contributed by atoms with E-state index in [0.717, 1.165) is 16.6 Å². The average molecular weight is 309 g/mol. The number of fused-ring (bicyclic) bond motifs is 1. The van der Waals surface area contributed by atoms with Gasteiger partial charge in [0.2, 0.25) is 5.71 Å². The predicted octanol–water partition coefficient (Wildman–Crippen LogP) is 3.90. The zero-order valence-corrected chi connectivity index (χ0v) is 12.3. The fourth-order valence-corrected chi connectivity index (χ4v) is 2.51. The molecule has 0 fully saturated rings. The summed E-state index contributed by atoms with van der Waals surface area (Å²) in [6, 6.07) is 6.58. The Hall–Kier alpha value is -1.78. The van der Waals surface area contributed by atoms with Crippen molar-refractivity contribution < 1.29 is 4.42 Å². The molecule has 0 saturated heterocycles. The number of aromatic nitrogens is 2. The highest BCUT2D eigenvalue weighted by Gasteiger charge is 2.15. The highest BCUT2D eigenvalue weighted by Crippen LogP contribution is 2.27. The molecular formula is C14H10Cl2N2O2. The van der Waals surface area contributed by atoms with Gasteiger partial charge in [0.1, 0.15) is 0 Å². The van der Waals surface area contributed by atoms with Gasteiger partial charge in [-0.15, -0.1) is 0 Å². The molecule has 0 N–H and O–H groups in total. The van der Waals surface area contributed by atoms with Gasteiger partial charge in [-0.1, -0.05) is 23.2 Å². The predicted molar refractivity (Wildman–Crippen MR) is 79.1 cm³/mol. The van der Waals surface area contributed by atoms with E-state index in [0.29, 0.717) is 21.4 Å². The van der Waals surface area contributed by atoms with Gasteiger partial charge in [0.05, 0.1) is 26.8 Å². The summed E-state index contributed by atoms with van der Waals surface area (Å²) in [7, 11) is 0. The van der Waals surface area contributed by atoms with Crippen LogP contribution < -0.4 is 5.63 Å². The van der Waals surface area contributed by atoms with E-state index in [1.54, 1.807) is 22.9 Å². The summed E-state index contributed by atoms with van der Waals surface area (Å²) in [6.07, 6.45) is 0. The van der Waals surface area contributed by atoms with Gasteiger partial charge in [0.25, 0.3) is 0 Å². The summed E-state index contributed by atoms with van der Waals surface area (Å²) in [4.78, 5) is 11.6. The monoisotopic (exact) mass is 308 g/mol. The molecule has 0 bridgehead atoms. The first kappa shape index (κ1) is 13.2. The van der Waals surface area contributed by atoms with Crippen LogP contribution >= 0.6 is 23.2 Å². The van der Waals surface area contributed by atoms with Crippen molar-refractivity contribution >= 4 is 34.3 Å². The zero-order chi connectivity index (χ0) is 14.4. The van der Waals surface area contributed by atoms with Gasteiger partial charge in [-0.3, -0.25) is 0 Å². The lowest BCUT2D eigenvalue weighted by molar-refractivity contribution is 0.534. The van der Waals surface area contributed by atoms with E-state index in [-0.39, 0.29) is 0 Å². The fourth-order valence-electron chi connectivity index (χ4n) is 2.22. The summed E-state index contributed by atoms with van der Waals surface area (Å²) in [5, 5.41) is 6.12. The Kier molecular flexibility index (Phi) is 3.07. The second-order valence-corrected chi connectivity index (χ2v) is 5.34. The van der Waals surface area contributed by atoms with Crippen LogP contribution in [0.25, 0.3) is 16.8 Å². The molecule has 0 spiro atoms. The van der Waals surface area contributed by atoms with E-state index in [2.05, 4.69) is 5.10 Å². The number of benzene rings is 1. The van der Waals surface area contributed by atoms with Crippen LogP contribution in [0.2, 0.25) is 10.0 Å². The van der Waals surface area contributed by atoms with Crippen LogP contribution in [0.5, 0.6) is 0 Å². The number of hydrogen-bond acceptors (Lipinski definition) is 3. The van der Waals surface area contributed by atoms with Crippen LogP contribution in [-0.2, 0) is 0 Å². The first-order chi connectivity index (χ1) is 9.47. The normalized spacial score (nSPS) is 11.2. The third-order valence-corrected chi connectivity index (χ3v) is 3.83. The van der Waals surface area contributed by atoms with Crippen LogP contribution in [0.4, 0.5) is 0 Å². The summed E-state index contributed by atoms with van der Waals surface area (Å²) in [5.74, 6) is 0. The lowest BCUT2D eigenvalue weighted by Crippen LogP contribution is -2.01. The maximum atomic E-state index is 11.6. The summed E-state index contributed by atoms with van der Waals surface area (Å²) >= 11 is 11.9. The second kappa shape index (κ2) is 4.65. The van der Waals surface area contributed by atoms with Crippen LogP contribution in [0.15, 0.2) is 33.5 Å². The van der Waals surface area contributed by atoms with Crippen molar-refractivity contribution in [1.29, 1.82) is 0 Å². The maximum absolute atomic E-state index is 11.6. The van der Waals surface area contributed by atoms with Gasteiger partial charge >= 0.3 is 5.63 Å². The van der Waals surface area contributed by atoms with Gasteiger partial charge in [0.15, 0.2) is 0 Å². The molecular weight excluding hydrogens is 299 g/mol. The van der Waals surface area contributed by atoms with Gasteiger partial charge in [0, 0.05) is 6.07 Å². The zero-order valence-electron chi connectivity index (χ0n) is 10.8. The molecule has 20 heavy (non-hydrogen) atoms. The lowest BCUT2D eigenvalue weighted by atomic mass is 10.2. The fraction of sp³-hybridized carbons (Fsp3) is 0.143. The molecule has 3 rings (SSSR count). The standard InChI is InChI=1S/C14H10Cl2N2O2/c1-7-5-12(19)20-14-13(7)8(2)17-18(14)9-3-4-10(15)11(16)6-9/h3-6H,1-2H3. The molecule has 6 heteroatoms. The highest BCUT2D eigenvalue weighted by molar-refractivity contribution is 6.42. The third-order valence-electron chi connectivity index (χ3n) is 3.09. The summed E-state index contributed by atoms with van der Waals surface area (Å²) in [5.41, 5.74) is 2.31. The van der Waals surface area contributed by atoms with Crippen molar-refractivity contribution in [1.82, 2.24) is 9.78 Å². The molecule has 2 heterocycles. The van der Waals surface area contributed by atoms with E-state index >= 15 is 0 Å². The third kappa shape index (κ3) is 2.01. The van der Waals surface area contributed by atoms with E-state index in [9.17, 15) is 4.79 Å². The molecule has 0 aliphatic heterocycles. The Bertz CT molecular complexity index is 881. The highest BCUT2D eigenvalue weighted by atomic mass is 35.5. The molecule has 0 saturated carbocycles. The van der Waals surface area contributed by atoms with Crippen molar-refractivity contribution in [2.24, 2.45) is 0 Å². The molecule has 2 aromatic heterocycles. The Balaban J connectivity index is 2.37. The van der Waals surface area contributed by atoms with Gasteiger partial charge in [-0.05, 0) is 37.6 Å². The molecule has 0 aliphatic rings. The molecule has 0 atom stereocenters. The van der Waals surface area contributed by atoms with E-state index in [1.165, 1.54) is 6.07 Å². The number of nitrogens with zero attached hydrogens (tertiary/aromatic N) is 2. The molecule has 0 amide bonds. The first-order valence-electron chi connectivity index (χ1n) is 5.93. The Morgan fingerprint density at radius 2 is 1.90 bits per heavy atom. The molecule has 3 aromatic rings. The largest absolute Gasteiger partial charge is 0.403 e. The van der Waals surface area contributed by atoms with Crippen molar-refractivity contribution in [3.63, 3.8) is 0 Å². The van der Waals surface area contributed by atoms with E-state index < -0.39 is 5.63 Å². The summed E-state index contributed by atoms with van der Waals surface area (Å²) < 4.78 is 6.84. The van der Waals surface area contributed by atoms with E-state index in [4.69, 9.17) is 27.6 Å². The van der Waals surface area contributed by atoms with Crippen LogP contribution in [-0.4, -0.2) is 9.78 Å². The van der Waals surface area contributed by atoms with Crippen molar-refractivity contribution in [3.05, 3.63) is 56.0 Å². The van der Waals surface area contributed by atoms with Crippen LogP contribution in [0, 0.1) is 13.8 Å². The Morgan fingerprint density at radius 1 is 1.15 bits per heavy atom. The number of halogens is 2. The minimum Gasteiger partial charge on any atom is -0.403 e. The second-order valence-electron chi connectivity index (χ2n) is 4.52. The first-order valence-corrected chi connectivity index (χ1v) is 6.68. The SMILES string of the molecule is Cc1cc(=O)oc2c1c(C)nn2-c1ccc(Cl)c(Cl)c1. The molecule has 4 nitrogen and oxygen atoms in total. The topological polar surface area (TPSA) is 48.0 Å². The number of hydrogen-bond donors (Lipinski definition) is 0. The molecule has 0 unspecified atom stereocenters. The van der Waals surface area contributed by atoms with Gasteiger partial charge < -0.3 is 4.42 Å². The lowest BCUT2D eigenvalue weighted by Gasteiger charge is -2.04. The van der Waals surface area contributed by atoms with Crippen molar-refractivity contribution in [3.8, 4) is 5.69 Å². The Morgan fingerprint density at radius 3 is 2.60 bits per heavy atom. The number of rotatable bonds is 1. The number of aryl methyl sites for hydroxylation is 2. The summed E-state index contributed by atoms with van der Waals surface area (Å²) in [6.45, 7) is 3.72. The van der Waals surface area contributed by atoms with Crippen molar-refractivity contribution in [2.45, 2.75) is 13.8 Å². The minimum atomic E-state index is -0.406. The smallest absolute Gasteiger partial charge is 0.337 e. The maximum Gasteiger partial charge on any atom is 0.337 e. The van der Waals surface area contributed by atoms with Crippen molar-refractivity contribution in [2.75, 3.05) is 0 Å². The van der Waals surface area contributed by atoms with Crippen LogP contribution in [0.1, 0.15) is 11.3 Å². The molecule has 102 valence electrons. The minimum absolute atomic E-state index is 0.406. The molecule has 0 radical (unpaired) electrons. The Labute approximate surface area is 124 Å². The van der Waals surface area contributed by atoms with Gasteiger partial charge in [-0.2, -0.15) is 9.78 Å².